The number of carbonyl (C=O) groups is 1. The summed E-state index contributed by atoms with van der Waals surface area (Å²) in [6.07, 6.45) is 2.97. The second-order valence-corrected chi connectivity index (χ2v) is 8.57. The maximum atomic E-state index is 12.1. The van der Waals surface area contributed by atoms with Gasteiger partial charge in [0.2, 0.25) is 5.91 Å². The summed E-state index contributed by atoms with van der Waals surface area (Å²) in [5, 5.41) is 13.2. The number of aromatic nitrogens is 3. The van der Waals surface area contributed by atoms with E-state index in [4.69, 9.17) is 11.6 Å². The van der Waals surface area contributed by atoms with Crippen molar-refractivity contribution in [2.24, 2.45) is 0 Å². The van der Waals surface area contributed by atoms with Crippen molar-refractivity contribution in [3.8, 4) is 5.69 Å². The number of halogens is 1. The molecule has 0 unspecified atom stereocenters. The average Bonchev–Trinajstić information content (AvgIpc) is 3.15. The first-order chi connectivity index (χ1) is 14.6. The van der Waals surface area contributed by atoms with Gasteiger partial charge >= 0.3 is 0 Å². The summed E-state index contributed by atoms with van der Waals surface area (Å²) in [7, 11) is 0. The fourth-order valence-corrected chi connectivity index (χ4v) is 4.01. The molecule has 1 N–H and O–H groups in total. The molecule has 0 spiro atoms. The van der Waals surface area contributed by atoms with Crippen LogP contribution in [0.4, 0.5) is 0 Å². The van der Waals surface area contributed by atoms with Gasteiger partial charge in [-0.15, -0.1) is 10.2 Å². The Hall–Kier alpha value is -2.31. The zero-order valence-electron chi connectivity index (χ0n) is 17.4. The Morgan fingerprint density at radius 1 is 1.10 bits per heavy atom. The lowest BCUT2D eigenvalue weighted by Crippen LogP contribution is -2.24. The molecule has 0 aliphatic heterocycles. The number of benzene rings is 2. The lowest BCUT2D eigenvalue weighted by atomic mass is 10.2. The normalized spacial score (nSPS) is 10.9. The Morgan fingerprint density at radius 3 is 2.53 bits per heavy atom. The minimum absolute atomic E-state index is 0.0444. The summed E-state index contributed by atoms with van der Waals surface area (Å²) in [4.78, 5) is 12.1. The topological polar surface area (TPSA) is 59.8 Å². The highest BCUT2D eigenvalue weighted by molar-refractivity contribution is 7.98. The number of aryl methyl sites for hydroxylation is 2. The molecule has 1 amide bonds. The van der Waals surface area contributed by atoms with Crippen molar-refractivity contribution in [1.29, 1.82) is 0 Å². The number of rotatable bonds is 10. The van der Waals surface area contributed by atoms with Gasteiger partial charge in [0.15, 0.2) is 5.16 Å². The molecule has 0 fully saturated rings. The first-order valence-electron chi connectivity index (χ1n) is 10.2. The molecule has 0 radical (unpaired) electrons. The van der Waals surface area contributed by atoms with Gasteiger partial charge in [0, 0.05) is 35.8 Å². The van der Waals surface area contributed by atoms with Crippen LogP contribution in [0.1, 0.15) is 43.1 Å². The van der Waals surface area contributed by atoms with Gasteiger partial charge in [-0.2, -0.15) is 0 Å². The molecule has 1 aromatic heterocycles. The summed E-state index contributed by atoms with van der Waals surface area (Å²) < 4.78 is 2.02. The lowest BCUT2D eigenvalue weighted by molar-refractivity contribution is -0.121. The third kappa shape index (κ3) is 6.34. The van der Waals surface area contributed by atoms with Crippen molar-refractivity contribution in [3.05, 3.63) is 70.5 Å². The monoisotopic (exact) mass is 442 g/mol. The SMILES string of the molecule is CCCCNC(=O)CCc1nnc(SCc2ccc(C)cc2)n1-c1ccc(Cl)cc1. The standard InChI is InChI=1S/C23H27ClN4OS/c1-3-4-15-25-22(29)14-13-21-26-27-23(28(21)20-11-9-19(24)10-12-20)30-16-18-7-5-17(2)6-8-18/h5-12H,3-4,13-16H2,1-2H3,(H,25,29). The second-order valence-electron chi connectivity index (χ2n) is 7.19. The van der Waals surface area contributed by atoms with E-state index in [9.17, 15) is 4.79 Å². The molecule has 0 bridgehead atoms. The van der Waals surface area contributed by atoms with Crippen LogP contribution in [0, 0.1) is 6.92 Å². The molecule has 3 aromatic rings. The third-order valence-corrected chi connectivity index (χ3v) is 5.95. The molecule has 0 saturated carbocycles. The van der Waals surface area contributed by atoms with Crippen LogP contribution >= 0.6 is 23.4 Å². The fraction of sp³-hybridized carbons (Fsp3) is 0.348. The zero-order valence-corrected chi connectivity index (χ0v) is 19.0. The van der Waals surface area contributed by atoms with Gasteiger partial charge in [0.05, 0.1) is 0 Å². The predicted octanol–water partition coefficient (Wildman–Crippen LogP) is 5.37. The van der Waals surface area contributed by atoms with E-state index in [0.717, 1.165) is 41.8 Å². The number of unbranched alkanes of at least 4 members (excludes halogenated alkanes) is 1. The largest absolute Gasteiger partial charge is 0.356 e. The van der Waals surface area contributed by atoms with E-state index in [-0.39, 0.29) is 5.91 Å². The minimum atomic E-state index is 0.0444. The number of nitrogens with zero attached hydrogens (tertiary/aromatic N) is 3. The van der Waals surface area contributed by atoms with Crippen molar-refractivity contribution in [2.45, 2.75) is 50.4 Å². The Kier molecular flexibility index (Phi) is 8.34. The van der Waals surface area contributed by atoms with Crippen LogP contribution in [0.2, 0.25) is 5.02 Å². The first-order valence-corrected chi connectivity index (χ1v) is 11.6. The maximum absolute atomic E-state index is 12.1. The van der Waals surface area contributed by atoms with Crippen LogP contribution in [-0.4, -0.2) is 27.2 Å². The zero-order chi connectivity index (χ0) is 21.3. The van der Waals surface area contributed by atoms with Gasteiger partial charge in [0.25, 0.3) is 0 Å². The Morgan fingerprint density at radius 2 is 1.83 bits per heavy atom. The Bertz CT molecular complexity index is 954. The highest BCUT2D eigenvalue weighted by atomic mass is 35.5. The van der Waals surface area contributed by atoms with Crippen LogP contribution in [0.15, 0.2) is 53.7 Å². The molecular weight excluding hydrogens is 416 g/mol. The Labute approximate surface area is 187 Å². The van der Waals surface area contributed by atoms with Crippen molar-refractivity contribution < 1.29 is 4.79 Å². The van der Waals surface area contributed by atoms with Gasteiger partial charge in [-0.05, 0) is 43.2 Å². The number of amides is 1. The van der Waals surface area contributed by atoms with E-state index in [1.165, 1.54) is 11.1 Å². The maximum Gasteiger partial charge on any atom is 0.220 e. The molecule has 5 nitrogen and oxygen atoms in total. The Balaban J connectivity index is 1.75. The van der Waals surface area contributed by atoms with Gasteiger partial charge < -0.3 is 5.32 Å². The quantitative estimate of drug-likeness (QED) is 0.338. The minimum Gasteiger partial charge on any atom is -0.356 e. The van der Waals surface area contributed by atoms with E-state index < -0.39 is 0 Å². The molecule has 0 saturated heterocycles. The van der Waals surface area contributed by atoms with Crippen LogP contribution in [-0.2, 0) is 17.0 Å². The van der Waals surface area contributed by atoms with Crippen molar-refractivity contribution in [3.63, 3.8) is 0 Å². The summed E-state index contributed by atoms with van der Waals surface area (Å²) >= 11 is 7.70. The number of carbonyl (C=O) groups excluding carboxylic acids is 1. The van der Waals surface area contributed by atoms with Gasteiger partial charge in [-0.1, -0.05) is 66.5 Å². The molecule has 3 rings (SSSR count). The summed E-state index contributed by atoms with van der Waals surface area (Å²) in [6, 6.07) is 16.1. The van der Waals surface area contributed by atoms with E-state index in [1.807, 2.05) is 28.8 Å². The van der Waals surface area contributed by atoms with Crippen LogP contribution in [0.5, 0.6) is 0 Å². The number of nitrogens with one attached hydrogen (secondary N) is 1. The van der Waals surface area contributed by atoms with Crippen molar-refractivity contribution >= 4 is 29.3 Å². The molecular formula is C23H27ClN4OS. The van der Waals surface area contributed by atoms with E-state index in [1.54, 1.807) is 11.8 Å². The molecule has 158 valence electrons. The van der Waals surface area contributed by atoms with Gasteiger partial charge in [-0.3, -0.25) is 9.36 Å². The molecule has 7 heteroatoms. The molecule has 0 atom stereocenters. The molecule has 0 aliphatic carbocycles. The summed E-state index contributed by atoms with van der Waals surface area (Å²) in [5.74, 6) is 1.61. The van der Waals surface area contributed by atoms with Crippen molar-refractivity contribution in [2.75, 3.05) is 6.54 Å². The third-order valence-electron chi connectivity index (χ3n) is 4.70. The van der Waals surface area contributed by atoms with Crippen molar-refractivity contribution in [1.82, 2.24) is 20.1 Å². The number of thioether (sulfide) groups is 1. The first kappa shape index (κ1) is 22.4. The van der Waals surface area contributed by atoms with E-state index >= 15 is 0 Å². The van der Waals surface area contributed by atoms with E-state index in [0.29, 0.717) is 17.9 Å². The lowest BCUT2D eigenvalue weighted by Gasteiger charge is -2.11. The summed E-state index contributed by atoms with van der Waals surface area (Å²) in [6.45, 7) is 4.91. The average molecular weight is 443 g/mol. The number of hydrogen-bond donors (Lipinski definition) is 1. The molecule has 2 aromatic carbocycles. The van der Waals surface area contributed by atoms with Crippen LogP contribution < -0.4 is 5.32 Å². The van der Waals surface area contributed by atoms with Gasteiger partial charge in [0.1, 0.15) is 5.82 Å². The van der Waals surface area contributed by atoms with Crippen LogP contribution in [0.25, 0.3) is 5.69 Å². The van der Waals surface area contributed by atoms with Crippen LogP contribution in [0.3, 0.4) is 0 Å². The van der Waals surface area contributed by atoms with Gasteiger partial charge in [-0.25, -0.2) is 0 Å². The predicted molar refractivity (Wildman–Crippen MR) is 123 cm³/mol. The highest BCUT2D eigenvalue weighted by Crippen LogP contribution is 2.26. The second kappa shape index (κ2) is 11.2. The highest BCUT2D eigenvalue weighted by Gasteiger charge is 2.16. The fourth-order valence-electron chi connectivity index (χ4n) is 2.96. The summed E-state index contributed by atoms with van der Waals surface area (Å²) in [5.41, 5.74) is 3.41. The molecule has 0 aliphatic rings. The molecule has 30 heavy (non-hydrogen) atoms. The molecule has 1 heterocycles. The van der Waals surface area contributed by atoms with E-state index in [2.05, 4.69) is 53.6 Å². The number of hydrogen-bond acceptors (Lipinski definition) is 4. The smallest absolute Gasteiger partial charge is 0.220 e.